The molecular formula is C14H14ClNO4S2. The molecule has 8 heteroatoms. The fourth-order valence-electron chi connectivity index (χ4n) is 1.99. The lowest BCUT2D eigenvalue weighted by atomic mass is 10.3. The van der Waals surface area contributed by atoms with Gasteiger partial charge in [0.05, 0.1) is 15.5 Å². The van der Waals surface area contributed by atoms with Crippen molar-refractivity contribution in [1.29, 1.82) is 0 Å². The van der Waals surface area contributed by atoms with Crippen molar-refractivity contribution in [3.05, 3.63) is 54.6 Å². The second-order valence-electron chi connectivity index (χ2n) is 4.41. The molecule has 0 bridgehead atoms. The van der Waals surface area contributed by atoms with Gasteiger partial charge in [-0.15, -0.1) is 0 Å². The number of hydrogen-bond acceptors (Lipinski definition) is 4. The van der Waals surface area contributed by atoms with Crippen LogP contribution in [-0.2, 0) is 19.1 Å². The largest absolute Gasteiger partial charge is 0.267 e. The first-order valence-electron chi connectivity index (χ1n) is 6.39. The van der Waals surface area contributed by atoms with E-state index in [4.69, 9.17) is 10.7 Å². The summed E-state index contributed by atoms with van der Waals surface area (Å²) in [6.07, 6.45) is 0. The van der Waals surface area contributed by atoms with E-state index < -0.39 is 19.1 Å². The maximum absolute atomic E-state index is 12.7. The first-order chi connectivity index (χ1) is 10.3. The van der Waals surface area contributed by atoms with E-state index in [0.717, 1.165) is 0 Å². The minimum atomic E-state index is -3.88. The lowest BCUT2D eigenvalue weighted by Gasteiger charge is -2.22. The Bertz CT molecular complexity index is 847. The van der Waals surface area contributed by atoms with Gasteiger partial charge in [0.15, 0.2) is 0 Å². The summed E-state index contributed by atoms with van der Waals surface area (Å²) in [5.41, 5.74) is 0.541. The van der Waals surface area contributed by atoms with Crippen molar-refractivity contribution < 1.29 is 16.8 Å². The third-order valence-corrected chi connectivity index (χ3v) is 6.31. The van der Waals surface area contributed by atoms with Crippen molar-refractivity contribution in [2.45, 2.75) is 16.7 Å². The number of sulfonamides is 1. The second-order valence-corrected chi connectivity index (χ2v) is 8.84. The molecule has 0 aliphatic rings. The van der Waals surface area contributed by atoms with Crippen molar-refractivity contribution in [3.63, 3.8) is 0 Å². The van der Waals surface area contributed by atoms with Crippen molar-refractivity contribution >= 4 is 35.4 Å². The highest BCUT2D eigenvalue weighted by Crippen LogP contribution is 2.24. The Hall–Kier alpha value is -1.57. The molecule has 0 aromatic heterocycles. The molecule has 0 aliphatic carbocycles. The average molecular weight is 360 g/mol. The van der Waals surface area contributed by atoms with Crippen LogP contribution in [0.1, 0.15) is 6.92 Å². The Morgan fingerprint density at radius 2 is 1.36 bits per heavy atom. The van der Waals surface area contributed by atoms with Gasteiger partial charge in [-0.3, -0.25) is 4.31 Å². The van der Waals surface area contributed by atoms with Gasteiger partial charge < -0.3 is 0 Å². The number of anilines is 1. The molecule has 5 nitrogen and oxygen atoms in total. The Morgan fingerprint density at radius 1 is 0.864 bits per heavy atom. The number of hydrogen-bond donors (Lipinski definition) is 0. The summed E-state index contributed by atoms with van der Waals surface area (Å²) in [5.74, 6) is 0. The van der Waals surface area contributed by atoms with E-state index in [9.17, 15) is 16.8 Å². The zero-order valence-electron chi connectivity index (χ0n) is 11.7. The van der Waals surface area contributed by atoms with Crippen molar-refractivity contribution in [3.8, 4) is 0 Å². The molecule has 0 unspecified atom stereocenters. The first-order valence-corrected chi connectivity index (χ1v) is 10.1. The predicted octanol–water partition coefficient (Wildman–Crippen LogP) is 2.83. The molecule has 0 spiro atoms. The van der Waals surface area contributed by atoms with Crippen LogP contribution in [0.25, 0.3) is 0 Å². The standard InChI is InChI=1S/C14H14ClNO4S2/c1-2-16(12-6-4-3-5-7-12)22(19,20)14-10-8-13(9-11-14)21(15,17)18/h3-11H,2H2,1H3. The molecule has 2 aromatic carbocycles. The van der Waals surface area contributed by atoms with Crippen molar-refractivity contribution in [2.24, 2.45) is 0 Å². The molecular weight excluding hydrogens is 346 g/mol. The molecule has 118 valence electrons. The van der Waals surface area contributed by atoms with E-state index in [1.807, 2.05) is 0 Å². The topological polar surface area (TPSA) is 71.5 Å². The van der Waals surface area contributed by atoms with Crippen LogP contribution in [0.4, 0.5) is 5.69 Å². The van der Waals surface area contributed by atoms with Crippen LogP contribution < -0.4 is 4.31 Å². The lowest BCUT2D eigenvalue weighted by Crippen LogP contribution is -2.30. The molecule has 22 heavy (non-hydrogen) atoms. The minimum absolute atomic E-state index is 0.00210. The van der Waals surface area contributed by atoms with Gasteiger partial charge in [-0.25, -0.2) is 16.8 Å². The van der Waals surface area contributed by atoms with E-state index >= 15 is 0 Å². The molecule has 0 N–H and O–H groups in total. The van der Waals surface area contributed by atoms with E-state index in [1.165, 1.54) is 28.6 Å². The van der Waals surface area contributed by atoms with Gasteiger partial charge >= 0.3 is 0 Å². The first kappa shape index (κ1) is 16.8. The predicted molar refractivity (Wildman–Crippen MR) is 86.1 cm³/mol. The van der Waals surface area contributed by atoms with Crippen LogP contribution in [0.3, 0.4) is 0 Å². The van der Waals surface area contributed by atoms with Crippen LogP contribution in [-0.4, -0.2) is 23.4 Å². The minimum Gasteiger partial charge on any atom is -0.267 e. The van der Waals surface area contributed by atoms with Gasteiger partial charge in [-0.2, -0.15) is 0 Å². The summed E-state index contributed by atoms with van der Waals surface area (Å²) in [6.45, 7) is 1.98. The van der Waals surface area contributed by atoms with Gasteiger partial charge in [0.25, 0.3) is 19.1 Å². The molecule has 0 aliphatic heterocycles. The Balaban J connectivity index is 2.45. The molecule has 0 heterocycles. The van der Waals surface area contributed by atoms with Crippen LogP contribution in [0, 0.1) is 0 Å². The average Bonchev–Trinajstić information content (AvgIpc) is 2.48. The number of halogens is 1. The highest BCUT2D eigenvalue weighted by Gasteiger charge is 2.24. The number of nitrogens with zero attached hydrogens (tertiary/aromatic N) is 1. The summed E-state index contributed by atoms with van der Waals surface area (Å²) in [6, 6.07) is 13.5. The summed E-state index contributed by atoms with van der Waals surface area (Å²) in [7, 11) is -2.43. The third-order valence-electron chi connectivity index (χ3n) is 3.02. The monoisotopic (exact) mass is 359 g/mol. The van der Waals surface area contributed by atoms with Gasteiger partial charge in [-0.05, 0) is 43.3 Å². The fraction of sp³-hybridized carbons (Fsp3) is 0.143. The maximum Gasteiger partial charge on any atom is 0.264 e. The van der Waals surface area contributed by atoms with E-state index in [0.29, 0.717) is 5.69 Å². The quantitative estimate of drug-likeness (QED) is 0.769. The molecule has 2 aromatic rings. The molecule has 0 fully saturated rings. The van der Waals surface area contributed by atoms with Crippen LogP contribution in [0.2, 0.25) is 0 Å². The summed E-state index contributed by atoms with van der Waals surface area (Å²) >= 11 is 0. The summed E-state index contributed by atoms with van der Waals surface area (Å²) in [4.78, 5) is -0.141. The van der Waals surface area contributed by atoms with Gasteiger partial charge in [-0.1, -0.05) is 18.2 Å². The molecule has 0 atom stereocenters. The van der Waals surface area contributed by atoms with Crippen LogP contribution in [0.15, 0.2) is 64.4 Å². The summed E-state index contributed by atoms with van der Waals surface area (Å²) in [5, 5.41) is 0. The van der Waals surface area contributed by atoms with Crippen LogP contribution in [0.5, 0.6) is 0 Å². The van der Waals surface area contributed by atoms with E-state index in [1.54, 1.807) is 37.3 Å². The SMILES string of the molecule is CCN(c1ccccc1)S(=O)(=O)c1ccc(S(=O)(=O)Cl)cc1. The molecule has 2 rings (SSSR count). The number of benzene rings is 2. The molecule has 0 saturated carbocycles. The Kier molecular flexibility index (Phi) is 4.79. The summed E-state index contributed by atoms with van der Waals surface area (Å²) < 4.78 is 49.0. The van der Waals surface area contributed by atoms with E-state index in [2.05, 4.69) is 0 Å². The highest BCUT2D eigenvalue weighted by molar-refractivity contribution is 8.13. The third kappa shape index (κ3) is 3.43. The zero-order chi connectivity index (χ0) is 16.4. The second kappa shape index (κ2) is 6.28. The van der Waals surface area contributed by atoms with Gasteiger partial charge in [0.1, 0.15) is 0 Å². The molecule has 0 amide bonds. The van der Waals surface area contributed by atoms with Crippen molar-refractivity contribution in [1.82, 2.24) is 0 Å². The smallest absolute Gasteiger partial charge is 0.264 e. The normalized spacial score (nSPS) is 12.1. The van der Waals surface area contributed by atoms with Gasteiger partial charge in [0.2, 0.25) is 0 Å². The van der Waals surface area contributed by atoms with Gasteiger partial charge in [0, 0.05) is 17.2 Å². The zero-order valence-corrected chi connectivity index (χ0v) is 14.1. The fourth-order valence-corrected chi connectivity index (χ4v) is 4.23. The van der Waals surface area contributed by atoms with Crippen molar-refractivity contribution in [2.75, 3.05) is 10.8 Å². The highest BCUT2D eigenvalue weighted by atomic mass is 35.7. The Morgan fingerprint density at radius 3 is 1.82 bits per heavy atom. The van der Waals surface area contributed by atoms with Crippen LogP contribution >= 0.6 is 10.7 Å². The molecule has 0 radical (unpaired) electrons. The lowest BCUT2D eigenvalue weighted by molar-refractivity contribution is 0.591. The van der Waals surface area contributed by atoms with E-state index in [-0.39, 0.29) is 16.3 Å². The number of para-hydroxylation sites is 1. The maximum atomic E-state index is 12.7. The molecule has 0 saturated heterocycles. The Labute approximate surface area is 134 Å². The number of rotatable bonds is 5.